The molecule has 0 unspecified atom stereocenters. The maximum atomic E-state index is 12.9. The Morgan fingerprint density at radius 1 is 1.17 bits per heavy atom. The van der Waals surface area contributed by atoms with Crippen LogP contribution in [0.15, 0.2) is 57.7 Å². The normalized spacial score (nSPS) is 15.8. The lowest BCUT2D eigenvalue weighted by molar-refractivity contribution is -0.124. The second-order valence-electron chi connectivity index (χ2n) is 8.56. The summed E-state index contributed by atoms with van der Waals surface area (Å²) in [6.45, 7) is 2.26. The average molecular weight is 522 g/mol. The highest BCUT2D eigenvalue weighted by Crippen LogP contribution is 2.34. The van der Waals surface area contributed by atoms with Gasteiger partial charge in [0.05, 0.1) is 6.04 Å². The molecule has 2 amide bonds. The first-order chi connectivity index (χ1) is 17.6. The van der Waals surface area contributed by atoms with Crippen LogP contribution < -0.4 is 10.6 Å². The fourth-order valence-electron chi connectivity index (χ4n) is 4.43. The molecule has 8 nitrogen and oxygen atoms in total. The molecular weight excluding hydrogens is 494 g/mol. The molecule has 0 bridgehead atoms. The number of thiazole rings is 1. The van der Waals surface area contributed by atoms with E-state index in [-0.39, 0.29) is 17.9 Å². The van der Waals surface area contributed by atoms with Gasteiger partial charge in [0.25, 0.3) is 5.91 Å². The van der Waals surface area contributed by atoms with Gasteiger partial charge < -0.3 is 15.2 Å². The Labute approximate surface area is 217 Å². The van der Waals surface area contributed by atoms with E-state index in [1.54, 1.807) is 7.05 Å². The van der Waals surface area contributed by atoms with Crippen molar-refractivity contribution in [2.75, 3.05) is 26.7 Å². The molecule has 1 atom stereocenters. The minimum Gasteiger partial charge on any atom is -0.358 e. The number of hydrogen-bond acceptors (Lipinski definition) is 8. The standard InChI is InChI=1S/C26H27N5O3S2/c1-27-24(32)21-9-5-12-31(21)13-6-11-28-25(33)23-18(10-14-35-23)26-29-20(16-36-26)22-15-19(30-34-22)17-7-3-2-4-8-17/h2-4,7-8,10,14-16,21H,5-6,9,11-13H2,1H3,(H,27,32)(H,28,33)/t21-/m0/s1. The van der Waals surface area contributed by atoms with Gasteiger partial charge in [-0.15, -0.1) is 22.7 Å². The molecule has 4 heterocycles. The van der Waals surface area contributed by atoms with Gasteiger partial charge in [0, 0.05) is 42.7 Å². The van der Waals surface area contributed by atoms with Gasteiger partial charge in [-0.1, -0.05) is 35.5 Å². The third-order valence-corrected chi connectivity index (χ3v) is 8.05. The van der Waals surface area contributed by atoms with Crippen LogP contribution in [0.25, 0.3) is 33.3 Å². The van der Waals surface area contributed by atoms with Crippen molar-refractivity contribution < 1.29 is 14.1 Å². The van der Waals surface area contributed by atoms with Crippen LogP contribution in [-0.4, -0.2) is 59.6 Å². The van der Waals surface area contributed by atoms with Crippen molar-refractivity contribution in [1.29, 1.82) is 0 Å². The molecular formula is C26H27N5O3S2. The molecule has 2 N–H and O–H groups in total. The van der Waals surface area contributed by atoms with E-state index in [1.807, 2.05) is 53.2 Å². The molecule has 4 aromatic rings. The molecule has 3 aromatic heterocycles. The number of likely N-dealkylation sites (N-methyl/N-ethyl adjacent to an activating group) is 1. The number of rotatable bonds is 9. The zero-order valence-electron chi connectivity index (χ0n) is 19.9. The van der Waals surface area contributed by atoms with Crippen molar-refractivity contribution in [3.05, 3.63) is 58.1 Å². The van der Waals surface area contributed by atoms with Crippen LogP contribution in [-0.2, 0) is 4.79 Å². The highest BCUT2D eigenvalue weighted by molar-refractivity contribution is 7.15. The van der Waals surface area contributed by atoms with Gasteiger partial charge in [-0.3, -0.25) is 14.5 Å². The van der Waals surface area contributed by atoms with Gasteiger partial charge in [0.1, 0.15) is 21.3 Å². The Bertz CT molecular complexity index is 1330. The number of aromatic nitrogens is 2. The van der Waals surface area contributed by atoms with Gasteiger partial charge in [0.2, 0.25) is 5.91 Å². The first-order valence-corrected chi connectivity index (χ1v) is 13.7. The molecule has 1 saturated heterocycles. The molecule has 1 aliphatic heterocycles. The maximum absolute atomic E-state index is 12.9. The number of carbonyl (C=O) groups excluding carboxylic acids is 2. The van der Waals surface area contributed by atoms with Gasteiger partial charge >= 0.3 is 0 Å². The van der Waals surface area contributed by atoms with Crippen molar-refractivity contribution in [2.45, 2.75) is 25.3 Å². The minimum atomic E-state index is -0.105. The van der Waals surface area contributed by atoms with E-state index in [2.05, 4.69) is 20.7 Å². The Balaban J connectivity index is 1.19. The van der Waals surface area contributed by atoms with Crippen molar-refractivity contribution >= 4 is 34.5 Å². The van der Waals surface area contributed by atoms with E-state index in [4.69, 9.17) is 9.51 Å². The van der Waals surface area contributed by atoms with Gasteiger partial charge in [-0.2, -0.15) is 0 Å². The molecule has 5 rings (SSSR count). The summed E-state index contributed by atoms with van der Waals surface area (Å²) in [6, 6.07) is 13.6. The SMILES string of the molecule is CNC(=O)[C@@H]1CCCN1CCCNC(=O)c1sccc1-c1nc(-c2cc(-c3ccccc3)no2)cs1. The number of hydrogen-bond donors (Lipinski definition) is 2. The second-order valence-corrected chi connectivity index (χ2v) is 10.3. The summed E-state index contributed by atoms with van der Waals surface area (Å²) < 4.78 is 5.54. The van der Waals surface area contributed by atoms with Crippen LogP contribution in [0.4, 0.5) is 0 Å². The summed E-state index contributed by atoms with van der Waals surface area (Å²) in [6.07, 6.45) is 2.71. The third kappa shape index (κ3) is 5.25. The van der Waals surface area contributed by atoms with Crippen LogP contribution in [0.1, 0.15) is 28.9 Å². The Morgan fingerprint density at radius 3 is 2.86 bits per heavy atom. The van der Waals surface area contributed by atoms with Gasteiger partial charge in [-0.05, 0) is 37.3 Å². The van der Waals surface area contributed by atoms with Gasteiger partial charge in [-0.25, -0.2) is 4.98 Å². The quantitative estimate of drug-likeness (QED) is 0.314. The molecule has 10 heteroatoms. The zero-order valence-corrected chi connectivity index (χ0v) is 21.5. The van der Waals surface area contributed by atoms with E-state index in [1.165, 1.54) is 22.7 Å². The Morgan fingerprint density at radius 2 is 2.03 bits per heavy atom. The van der Waals surface area contributed by atoms with E-state index in [9.17, 15) is 9.59 Å². The smallest absolute Gasteiger partial charge is 0.262 e. The maximum Gasteiger partial charge on any atom is 0.262 e. The lowest BCUT2D eigenvalue weighted by atomic mass is 10.1. The second kappa shape index (κ2) is 11.2. The van der Waals surface area contributed by atoms with E-state index in [0.717, 1.165) is 54.2 Å². The Hall–Kier alpha value is -3.34. The lowest BCUT2D eigenvalue weighted by Gasteiger charge is -2.22. The minimum absolute atomic E-state index is 0.0539. The topological polar surface area (TPSA) is 100 Å². The first-order valence-electron chi connectivity index (χ1n) is 11.9. The van der Waals surface area contributed by atoms with Crippen molar-refractivity contribution in [1.82, 2.24) is 25.7 Å². The predicted molar refractivity (Wildman–Crippen MR) is 142 cm³/mol. The fourth-order valence-corrected chi connectivity index (χ4v) is 6.14. The average Bonchev–Trinajstić information content (AvgIpc) is 3.72. The number of thiophene rings is 1. The molecule has 0 aliphatic carbocycles. The molecule has 0 saturated carbocycles. The summed E-state index contributed by atoms with van der Waals surface area (Å²) in [5.41, 5.74) is 3.24. The summed E-state index contributed by atoms with van der Waals surface area (Å²) in [7, 11) is 1.68. The zero-order chi connectivity index (χ0) is 24.9. The molecule has 1 fully saturated rings. The van der Waals surface area contributed by atoms with Crippen LogP contribution in [0, 0.1) is 0 Å². The van der Waals surface area contributed by atoms with E-state index in [0.29, 0.717) is 22.9 Å². The molecule has 186 valence electrons. The number of benzene rings is 1. The van der Waals surface area contributed by atoms with E-state index >= 15 is 0 Å². The highest BCUT2D eigenvalue weighted by Gasteiger charge is 2.29. The van der Waals surface area contributed by atoms with Crippen LogP contribution in [0.3, 0.4) is 0 Å². The van der Waals surface area contributed by atoms with Crippen molar-refractivity contribution in [3.8, 4) is 33.3 Å². The molecule has 1 aliphatic rings. The summed E-state index contributed by atoms with van der Waals surface area (Å²) >= 11 is 2.88. The summed E-state index contributed by atoms with van der Waals surface area (Å²) in [4.78, 5) is 32.5. The van der Waals surface area contributed by atoms with Crippen LogP contribution >= 0.6 is 22.7 Å². The number of nitrogens with zero attached hydrogens (tertiary/aromatic N) is 3. The molecule has 1 aromatic carbocycles. The highest BCUT2D eigenvalue weighted by atomic mass is 32.1. The number of nitrogens with one attached hydrogen (secondary N) is 2. The molecule has 0 radical (unpaired) electrons. The predicted octanol–water partition coefficient (Wildman–Crippen LogP) is 4.52. The fraction of sp³-hybridized carbons (Fsp3) is 0.308. The van der Waals surface area contributed by atoms with Crippen molar-refractivity contribution in [3.63, 3.8) is 0 Å². The summed E-state index contributed by atoms with van der Waals surface area (Å²) in [5, 5.41) is 14.5. The number of carbonyl (C=O) groups is 2. The number of amides is 2. The van der Waals surface area contributed by atoms with Crippen LogP contribution in [0.5, 0.6) is 0 Å². The Kier molecular flexibility index (Phi) is 7.55. The van der Waals surface area contributed by atoms with Crippen LogP contribution in [0.2, 0.25) is 0 Å². The van der Waals surface area contributed by atoms with Gasteiger partial charge in [0.15, 0.2) is 5.76 Å². The third-order valence-electron chi connectivity index (χ3n) is 6.26. The first kappa shape index (κ1) is 24.4. The van der Waals surface area contributed by atoms with E-state index < -0.39 is 0 Å². The molecule has 0 spiro atoms. The summed E-state index contributed by atoms with van der Waals surface area (Å²) in [5.74, 6) is 0.561. The monoisotopic (exact) mass is 521 g/mol. The lowest BCUT2D eigenvalue weighted by Crippen LogP contribution is -2.42. The van der Waals surface area contributed by atoms with Crippen molar-refractivity contribution in [2.24, 2.45) is 0 Å². The largest absolute Gasteiger partial charge is 0.358 e. The molecule has 36 heavy (non-hydrogen) atoms. The number of likely N-dealkylation sites (tertiary alicyclic amines) is 1.